The number of fused-ring (bicyclic) bond motifs is 1. The molecule has 20 heavy (non-hydrogen) atoms. The second kappa shape index (κ2) is 5.32. The van der Waals surface area contributed by atoms with Crippen LogP contribution in [0.3, 0.4) is 0 Å². The Morgan fingerprint density at radius 2 is 2.30 bits per heavy atom. The lowest BCUT2D eigenvalue weighted by Gasteiger charge is -2.15. The van der Waals surface area contributed by atoms with E-state index in [0.717, 1.165) is 0 Å². The van der Waals surface area contributed by atoms with Crippen molar-refractivity contribution in [1.29, 1.82) is 0 Å². The van der Waals surface area contributed by atoms with Gasteiger partial charge in [0, 0.05) is 6.42 Å². The van der Waals surface area contributed by atoms with Gasteiger partial charge < -0.3 is 15.2 Å². The van der Waals surface area contributed by atoms with Gasteiger partial charge in [-0.1, -0.05) is 0 Å². The van der Waals surface area contributed by atoms with Gasteiger partial charge in [-0.25, -0.2) is 9.78 Å². The Morgan fingerprint density at radius 1 is 1.60 bits per heavy atom. The number of anilines is 1. The predicted molar refractivity (Wildman–Crippen MR) is 68.6 cm³/mol. The number of nitrogens with one attached hydrogen (secondary N) is 1. The quantitative estimate of drug-likeness (QED) is 0.734. The monoisotopic (exact) mass is 281 g/mol. The van der Waals surface area contributed by atoms with E-state index in [1.165, 1.54) is 24.8 Å². The summed E-state index contributed by atoms with van der Waals surface area (Å²) in [5.74, 6) is -1.09. The number of aryl methyl sites for hydroxylation is 1. The molecule has 0 bridgehead atoms. The number of aliphatic carboxylic acids is 1. The number of carbonyl (C=O) groups excluding carboxylic acids is 1. The third kappa shape index (κ3) is 2.36. The maximum Gasteiger partial charge on any atom is 0.329 e. The fourth-order valence-corrected chi connectivity index (χ4v) is 2.16. The number of aromatic nitrogens is 2. The smallest absolute Gasteiger partial charge is 0.329 e. The zero-order valence-corrected chi connectivity index (χ0v) is 11.1. The van der Waals surface area contributed by atoms with Crippen LogP contribution in [0.15, 0.2) is 11.0 Å². The Hall–Kier alpha value is -2.38. The van der Waals surface area contributed by atoms with Gasteiger partial charge in [0.05, 0.1) is 13.3 Å². The number of ether oxygens (including phenoxy) is 1. The molecule has 1 aromatic heterocycles. The molecule has 1 aromatic rings. The zero-order valence-electron chi connectivity index (χ0n) is 11.1. The summed E-state index contributed by atoms with van der Waals surface area (Å²) in [5, 5.41) is 11.4. The molecule has 8 heteroatoms. The van der Waals surface area contributed by atoms with Gasteiger partial charge in [-0.2, -0.15) is 0 Å². The molecule has 0 spiro atoms. The number of hydrogen-bond donors (Lipinski definition) is 2. The first kappa shape index (κ1) is 14.0. The first-order chi connectivity index (χ1) is 9.45. The number of carboxylic acids is 1. The van der Waals surface area contributed by atoms with Crippen molar-refractivity contribution in [2.24, 2.45) is 0 Å². The van der Waals surface area contributed by atoms with Crippen LogP contribution in [-0.2, 0) is 20.7 Å². The van der Waals surface area contributed by atoms with Gasteiger partial charge in [0.25, 0.3) is 5.56 Å². The third-order valence-electron chi connectivity index (χ3n) is 3.24. The molecule has 2 rings (SSSR count). The molecule has 2 heterocycles. The SMILES string of the molecule is COC(=O)[C@@H]1CCc2ncc(N[C@H](C)C(=O)O)c(=O)n21. The van der Waals surface area contributed by atoms with Crippen molar-refractivity contribution in [3.05, 3.63) is 22.4 Å². The van der Waals surface area contributed by atoms with E-state index in [0.29, 0.717) is 18.7 Å². The number of rotatable bonds is 4. The van der Waals surface area contributed by atoms with Crippen molar-refractivity contribution in [2.45, 2.75) is 31.8 Å². The standard InChI is InChI=1S/C12H15N3O5/c1-6(11(17)18)14-7-5-13-9-4-3-8(12(19)20-2)15(9)10(7)16/h5-6,8,14H,3-4H2,1-2H3,(H,17,18)/t6-,8+/m1/s1. The van der Waals surface area contributed by atoms with Crippen LogP contribution >= 0.6 is 0 Å². The molecule has 108 valence electrons. The van der Waals surface area contributed by atoms with Crippen LogP contribution in [0.2, 0.25) is 0 Å². The second-order valence-corrected chi connectivity index (χ2v) is 4.55. The number of nitrogens with zero attached hydrogens (tertiary/aromatic N) is 2. The van der Waals surface area contributed by atoms with Crippen molar-refractivity contribution < 1.29 is 19.4 Å². The molecule has 0 unspecified atom stereocenters. The average molecular weight is 281 g/mol. The lowest BCUT2D eigenvalue weighted by molar-refractivity contribution is -0.144. The van der Waals surface area contributed by atoms with Crippen LogP contribution in [0.4, 0.5) is 5.69 Å². The van der Waals surface area contributed by atoms with E-state index in [4.69, 9.17) is 5.11 Å². The molecule has 0 amide bonds. The van der Waals surface area contributed by atoms with Gasteiger partial charge in [-0.15, -0.1) is 0 Å². The molecule has 0 fully saturated rings. The van der Waals surface area contributed by atoms with E-state index < -0.39 is 29.6 Å². The maximum atomic E-state index is 12.3. The second-order valence-electron chi connectivity index (χ2n) is 4.55. The normalized spacial score (nSPS) is 18.2. The summed E-state index contributed by atoms with van der Waals surface area (Å²) in [6.45, 7) is 1.41. The minimum absolute atomic E-state index is 0.0550. The fourth-order valence-electron chi connectivity index (χ4n) is 2.16. The van der Waals surface area contributed by atoms with E-state index in [-0.39, 0.29) is 5.69 Å². The first-order valence-electron chi connectivity index (χ1n) is 6.13. The Labute approximate surface area is 114 Å². The first-order valence-corrected chi connectivity index (χ1v) is 6.13. The van der Waals surface area contributed by atoms with Gasteiger partial charge in [0.1, 0.15) is 23.6 Å². The summed E-state index contributed by atoms with van der Waals surface area (Å²) < 4.78 is 5.93. The zero-order chi connectivity index (χ0) is 14.9. The molecular weight excluding hydrogens is 266 g/mol. The van der Waals surface area contributed by atoms with E-state index in [1.807, 2.05) is 0 Å². The minimum Gasteiger partial charge on any atom is -0.480 e. The van der Waals surface area contributed by atoms with Crippen molar-refractivity contribution >= 4 is 17.6 Å². The fraction of sp³-hybridized carbons (Fsp3) is 0.500. The summed E-state index contributed by atoms with van der Waals surface area (Å²) in [6, 6.07) is -1.63. The van der Waals surface area contributed by atoms with Crippen molar-refractivity contribution in [2.75, 3.05) is 12.4 Å². The van der Waals surface area contributed by atoms with Gasteiger partial charge in [-0.05, 0) is 13.3 Å². The number of carbonyl (C=O) groups is 2. The molecule has 0 saturated heterocycles. The summed E-state index contributed by atoms with van der Waals surface area (Å²) in [4.78, 5) is 38.9. The number of carboxylic acid groups (broad SMARTS) is 1. The van der Waals surface area contributed by atoms with Crippen LogP contribution in [0.25, 0.3) is 0 Å². The largest absolute Gasteiger partial charge is 0.480 e. The van der Waals surface area contributed by atoms with E-state index in [2.05, 4.69) is 15.0 Å². The Balaban J connectivity index is 2.38. The Bertz CT molecular complexity index is 610. The summed E-state index contributed by atoms with van der Waals surface area (Å²) in [6.07, 6.45) is 2.25. The average Bonchev–Trinajstić information content (AvgIpc) is 2.85. The number of esters is 1. The van der Waals surface area contributed by atoms with E-state index in [9.17, 15) is 14.4 Å². The van der Waals surface area contributed by atoms with Crippen LogP contribution in [-0.4, -0.2) is 39.7 Å². The molecule has 0 radical (unpaired) electrons. The summed E-state index contributed by atoms with van der Waals surface area (Å²) in [5.41, 5.74) is -0.407. The predicted octanol–water partition coefficient (Wildman–Crippen LogP) is -0.211. The molecule has 0 saturated carbocycles. The highest BCUT2D eigenvalue weighted by molar-refractivity contribution is 5.77. The topological polar surface area (TPSA) is 111 Å². The highest BCUT2D eigenvalue weighted by Gasteiger charge is 2.32. The molecule has 1 aliphatic heterocycles. The maximum absolute atomic E-state index is 12.3. The Morgan fingerprint density at radius 3 is 2.90 bits per heavy atom. The number of hydrogen-bond acceptors (Lipinski definition) is 6. The molecule has 0 aliphatic carbocycles. The molecular formula is C12H15N3O5. The molecule has 8 nitrogen and oxygen atoms in total. The molecule has 0 aromatic carbocycles. The van der Waals surface area contributed by atoms with Crippen molar-refractivity contribution in [1.82, 2.24) is 9.55 Å². The van der Waals surface area contributed by atoms with Crippen LogP contribution in [0.1, 0.15) is 25.2 Å². The highest BCUT2D eigenvalue weighted by Crippen LogP contribution is 2.24. The van der Waals surface area contributed by atoms with Crippen LogP contribution in [0, 0.1) is 0 Å². The van der Waals surface area contributed by atoms with Crippen molar-refractivity contribution in [3.8, 4) is 0 Å². The lowest BCUT2D eigenvalue weighted by atomic mass is 10.2. The lowest BCUT2D eigenvalue weighted by Crippen LogP contribution is -2.34. The van der Waals surface area contributed by atoms with Crippen molar-refractivity contribution in [3.63, 3.8) is 0 Å². The van der Waals surface area contributed by atoms with Crippen LogP contribution in [0.5, 0.6) is 0 Å². The Kier molecular flexibility index (Phi) is 3.73. The molecule has 2 atom stereocenters. The van der Waals surface area contributed by atoms with E-state index >= 15 is 0 Å². The third-order valence-corrected chi connectivity index (χ3v) is 3.24. The van der Waals surface area contributed by atoms with Gasteiger partial charge >= 0.3 is 11.9 Å². The molecule has 2 N–H and O–H groups in total. The van der Waals surface area contributed by atoms with Gasteiger partial charge in [0.15, 0.2) is 0 Å². The van der Waals surface area contributed by atoms with Gasteiger partial charge in [-0.3, -0.25) is 14.2 Å². The summed E-state index contributed by atoms with van der Waals surface area (Å²) >= 11 is 0. The van der Waals surface area contributed by atoms with Crippen LogP contribution < -0.4 is 10.9 Å². The molecule has 1 aliphatic rings. The minimum atomic E-state index is -1.08. The highest BCUT2D eigenvalue weighted by atomic mass is 16.5. The number of methoxy groups -OCH3 is 1. The van der Waals surface area contributed by atoms with Gasteiger partial charge in [0.2, 0.25) is 0 Å². The van der Waals surface area contributed by atoms with E-state index in [1.54, 1.807) is 0 Å². The summed E-state index contributed by atoms with van der Waals surface area (Å²) in [7, 11) is 1.26.